The molecule has 216 valence electrons. The molecule has 0 saturated heterocycles. The number of benzene rings is 4. The van der Waals surface area contributed by atoms with Gasteiger partial charge in [0.1, 0.15) is 0 Å². The van der Waals surface area contributed by atoms with E-state index >= 15 is 0 Å². The predicted octanol–water partition coefficient (Wildman–Crippen LogP) is 5.87. The fourth-order valence-electron chi connectivity index (χ4n) is 4.15. The molecule has 0 spiro atoms. The van der Waals surface area contributed by atoms with E-state index in [0.717, 1.165) is 9.87 Å². The molecule has 11 heteroatoms. The van der Waals surface area contributed by atoms with Gasteiger partial charge in [-0.15, -0.1) is 0 Å². The first-order valence-electron chi connectivity index (χ1n) is 12.6. The predicted molar refractivity (Wildman–Crippen MR) is 160 cm³/mol. The normalized spacial score (nSPS) is 11.0. The molecule has 4 aromatic carbocycles. The van der Waals surface area contributed by atoms with E-state index in [1.165, 1.54) is 56.7 Å². The van der Waals surface area contributed by atoms with Gasteiger partial charge in [0.05, 0.1) is 53.7 Å². The summed E-state index contributed by atoms with van der Waals surface area (Å²) in [5.41, 5.74) is 1.66. The lowest BCUT2D eigenvalue weighted by atomic mass is 10.1. The number of nitrogens with zero attached hydrogens (tertiary/aromatic N) is 1. The third-order valence-corrected chi connectivity index (χ3v) is 8.39. The van der Waals surface area contributed by atoms with Crippen molar-refractivity contribution in [3.05, 3.63) is 124 Å². The number of amides is 1. The Morgan fingerprint density at radius 1 is 0.810 bits per heavy atom. The van der Waals surface area contributed by atoms with Crippen molar-refractivity contribution in [2.75, 3.05) is 23.8 Å². The van der Waals surface area contributed by atoms with Crippen LogP contribution in [0, 0.1) is 6.92 Å². The van der Waals surface area contributed by atoms with Crippen LogP contribution in [-0.2, 0) is 26.0 Å². The number of carbonyl (C=O) groups is 3. The minimum atomic E-state index is -4.17. The first kappa shape index (κ1) is 30.3. The van der Waals surface area contributed by atoms with Gasteiger partial charge in [0.15, 0.2) is 0 Å². The number of aryl methyl sites for hydroxylation is 1. The Bertz CT molecular complexity index is 1740. The van der Waals surface area contributed by atoms with Gasteiger partial charge in [0, 0.05) is 5.02 Å². The maximum Gasteiger partial charge on any atom is 0.339 e. The third kappa shape index (κ3) is 6.62. The van der Waals surface area contributed by atoms with E-state index in [-0.39, 0.29) is 39.5 Å². The quantitative estimate of drug-likeness (QED) is 0.237. The van der Waals surface area contributed by atoms with Crippen LogP contribution in [0.5, 0.6) is 0 Å². The van der Waals surface area contributed by atoms with E-state index in [1.807, 2.05) is 6.92 Å². The summed E-state index contributed by atoms with van der Waals surface area (Å²) in [6.45, 7) is 1.74. The number of anilines is 2. The first-order chi connectivity index (χ1) is 20.0. The Balaban J connectivity index is 1.82. The van der Waals surface area contributed by atoms with Crippen molar-refractivity contribution >= 4 is 50.8 Å². The van der Waals surface area contributed by atoms with Crippen LogP contribution in [0.2, 0.25) is 5.02 Å². The van der Waals surface area contributed by atoms with Crippen LogP contribution in [0.1, 0.15) is 42.2 Å². The van der Waals surface area contributed by atoms with Crippen LogP contribution in [0.25, 0.3) is 0 Å². The van der Waals surface area contributed by atoms with Gasteiger partial charge in [-0.1, -0.05) is 53.6 Å². The molecule has 0 saturated carbocycles. The Hall–Kier alpha value is -4.67. The fourth-order valence-corrected chi connectivity index (χ4v) is 5.74. The van der Waals surface area contributed by atoms with Gasteiger partial charge in [0.25, 0.3) is 15.9 Å². The van der Waals surface area contributed by atoms with Gasteiger partial charge in [-0.3, -0.25) is 9.10 Å². The van der Waals surface area contributed by atoms with Crippen LogP contribution >= 0.6 is 11.6 Å². The molecule has 0 unspecified atom stereocenters. The van der Waals surface area contributed by atoms with Crippen LogP contribution < -0.4 is 9.62 Å². The number of nitrogens with one attached hydrogen (secondary N) is 1. The summed E-state index contributed by atoms with van der Waals surface area (Å²) < 4.78 is 38.8. The van der Waals surface area contributed by atoms with Gasteiger partial charge in [0.2, 0.25) is 0 Å². The molecule has 1 N–H and O–H groups in total. The van der Waals surface area contributed by atoms with E-state index in [2.05, 4.69) is 5.32 Å². The number of hydrogen-bond donors (Lipinski definition) is 1. The van der Waals surface area contributed by atoms with Crippen LogP contribution in [0.4, 0.5) is 11.4 Å². The molecule has 4 rings (SSSR count). The summed E-state index contributed by atoms with van der Waals surface area (Å²) >= 11 is 6.05. The highest BCUT2D eigenvalue weighted by Gasteiger charge is 2.29. The number of methoxy groups -OCH3 is 2. The number of carbonyl (C=O) groups excluding carboxylic acids is 3. The molecule has 0 bridgehead atoms. The van der Waals surface area contributed by atoms with Crippen LogP contribution in [0.3, 0.4) is 0 Å². The molecule has 0 heterocycles. The number of rotatable bonds is 9. The average molecular weight is 607 g/mol. The molecule has 0 aliphatic rings. The molecule has 0 aliphatic carbocycles. The van der Waals surface area contributed by atoms with Gasteiger partial charge < -0.3 is 14.8 Å². The molecule has 0 aromatic heterocycles. The zero-order valence-electron chi connectivity index (χ0n) is 23.0. The van der Waals surface area contributed by atoms with Crippen molar-refractivity contribution in [3.63, 3.8) is 0 Å². The molecule has 9 nitrogen and oxygen atoms in total. The number of esters is 2. The van der Waals surface area contributed by atoms with Crippen LogP contribution in [0.15, 0.2) is 95.9 Å². The van der Waals surface area contributed by atoms with Gasteiger partial charge >= 0.3 is 11.9 Å². The van der Waals surface area contributed by atoms with E-state index in [4.69, 9.17) is 21.1 Å². The summed E-state index contributed by atoms with van der Waals surface area (Å²) in [6, 6.07) is 23.2. The van der Waals surface area contributed by atoms with Gasteiger partial charge in [-0.05, 0) is 67.1 Å². The topological polar surface area (TPSA) is 119 Å². The molecular formula is C31H27ClN2O7S. The van der Waals surface area contributed by atoms with Crippen molar-refractivity contribution in [1.82, 2.24) is 0 Å². The van der Waals surface area contributed by atoms with Gasteiger partial charge in [-0.2, -0.15) is 0 Å². The first-order valence-corrected chi connectivity index (χ1v) is 14.4. The lowest BCUT2D eigenvalue weighted by Gasteiger charge is -2.27. The van der Waals surface area contributed by atoms with Crippen LogP contribution in [-0.4, -0.2) is 40.5 Å². The zero-order chi connectivity index (χ0) is 30.4. The molecular weight excluding hydrogens is 580 g/mol. The highest BCUT2D eigenvalue weighted by molar-refractivity contribution is 7.92. The SMILES string of the molecule is COC(=O)c1ccc(C(=O)OC)c(NC(=O)c2ccccc2N(Cc2ccc(Cl)cc2)S(=O)(=O)c2ccc(C)cc2)c1. The second-order valence-electron chi connectivity index (χ2n) is 9.17. The van der Waals surface area contributed by atoms with Gasteiger partial charge in [-0.25, -0.2) is 18.0 Å². The Labute approximate surface area is 248 Å². The molecule has 1 amide bonds. The molecule has 4 aromatic rings. The maximum absolute atomic E-state index is 14.0. The minimum Gasteiger partial charge on any atom is -0.465 e. The summed E-state index contributed by atoms with van der Waals surface area (Å²) in [4.78, 5) is 38.4. The van der Waals surface area contributed by atoms with E-state index < -0.39 is 27.9 Å². The minimum absolute atomic E-state index is 0.00133. The second-order valence-corrected chi connectivity index (χ2v) is 11.5. The Morgan fingerprint density at radius 2 is 1.45 bits per heavy atom. The summed E-state index contributed by atoms with van der Waals surface area (Å²) in [5, 5.41) is 3.13. The third-order valence-electron chi connectivity index (χ3n) is 6.36. The lowest BCUT2D eigenvalue weighted by Crippen LogP contribution is -2.32. The van der Waals surface area contributed by atoms with Crippen molar-refractivity contribution in [3.8, 4) is 0 Å². The van der Waals surface area contributed by atoms with E-state index in [1.54, 1.807) is 48.5 Å². The lowest BCUT2D eigenvalue weighted by molar-refractivity contribution is 0.0587. The number of para-hydroxylation sites is 1. The zero-order valence-corrected chi connectivity index (χ0v) is 24.5. The van der Waals surface area contributed by atoms with Crippen molar-refractivity contribution in [1.29, 1.82) is 0 Å². The van der Waals surface area contributed by atoms with Crippen molar-refractivity contribution in [2.45, 2.75) is 18.4 Å². The van der Waals surface area contributed by atoms with Crippen molar-refractivity contribution in [2.24, 2.45) is 0 Å². The largest absolute Gasteiger partial charge is 0.465 e. The number of ether oxygens (including phenoxy) is 2. The summed E-state index contributed by atoms with van der Waals surface area (Å²) in [5.74, 6) is -2.15. The molecule has 0 aliphatic heterocycles. The summed E-state index contributed by atoms with van der Waals surface area (Å²) in [7, 11) is -1.78. The smallest absolute Gasteiger partial charge is 0.339 e. The molecule has 0 atom stereocenters. The maximum atomic E-state index is 14.0. The Kier molecular flexibility index (Phi) is 9.29. The number of halogens is 1. The van der Waals surface area contributed by atoms with E-state index in [9.17, 15) is 22.8 Å². The number of sulfonamides is 1. The van der Waals surface area contributed by atoms with Crippen molar-refractivity contribution < 1.29 is 32.3 Å². The second kappa shape index (κ2) is 12.9. The Morgan fingerprint density at radius 3 is 2.10 bits per heavy atom. The van der Waals surface area contributed by atoms with E-state index in [0.29, 0.717) is 10.6 Å². The molecule has 42 heavy (non-hydrogen) atoms. The average Bonchev–Trinajstić information content (AvgIpc) is 3.00. The monoisotopic (exact) mass is 606 g/mol. The fraction of sp³-hybridized carbons (Fsp3) is 0.129. The molecule has 0 fully saturated rings. The summed E-state index contributed by atoms with van der Waals surface area (Å²) in [6.07, 6.45) is 0. The highest BCUT2D eigenvalue weighted by atomic mass is 35.5. The molecule has 0 radical (unpaired) electrons. The standard InChI is InChI=1S/C31H27ClN2O7S/c1-20-8-15-24(16-9-20)42(38,39)34(19-21-10-13-23(32)14-11-21)28-7-5-4-6-26(28)29(35)33-27-18-22(30(36)40-2)12-17-25(27)31(37)41-3/h4-18H,19H2,1-3H3,(H,33,35). The number of hydrogen-bond acceptors (Lipinski definition) is 7. The highest BCUT2D eigenvalue weighted by Crippen LogP contribution is 2.31.